The summed E-state index contributed by atoms with van der Waals surface area (Å²) in [5.74, 6) is 2.53. The number of H-pyrrole nitrogens is 2. The third kappa shape index (κ3) is 8.94. The van der Waals surface area contributed by atoms with Gasteiger partial charge in [-0.15, -0.1) is 0 Å². The number of halogens is 1. The van der Waals surface area contributed by atoms with Gasteiger partial charge < -0.3 is 39.0 Å². The van der Waals surface area contributed by atoms with E-state index in [1.807, 2.05) is 72.0 Å². The Morgan fingerprint density at radius 1 is 0.574 bits per heavy atom. The molecule has 8 heterocycles. The second-order valence-corrected chi connectivity index (χ2v) is 16.3. The number of nitrogens with zero attached hydrogens (tertiary/aromatic N) is 9. The lowest BCUT2D eigenvalue weighted by Crippen LogP contribution is -2.44. The van der Waals surface area contributed by atoms with Crippen LogP contribution in [0.1, 0.15) is 34.3 Å². The summed E-state index contributed by atoms with van der Waals surface area (Å²) in [5.41, 5.74) is 15.6. The van der Waals surface area contributed by atoms with Crippen molar-refractivity contribution in [1.29, 1.82) is 0 Å². The highest BCUT2D eigenvalue weighted by Crippen LogP contribution is 2.39. The maximum Gasteiger partial charge on any atom is 0.203 e. The SMILES string of the molecule is CN1CCNCC1.Cc1ncccc1-c1cc(-c2c(C)noc2C)cc2[nH]c(Cl)nc12.Cc1ncccc1-c1cc(-c2c(C)noc2C)cc2[nH]c(N3CCN(C)CC3)nc12. The van der Waals surface area contributed by atoms with Crippen LogP contribution in [0.4, 0.5) is 5.95 Å². The molecule has 0 aliphatic carbocycles. The van der Waals surface area contributed by atoms with Gasteiger partial charge in [-0.1, -0.05) is 22.4 Å². The van der Waals surface area contributed by atoms with Crippen molar-refractivity contribution in [1.82, 2.24) is 55.3 Å². The Morgan fingerprint density at radius 3 is 1.52 bits per heavy atom. The first-order valence-corrected chi connectivity index (χ1v) is 21.1. The molecule has 0 unspecified atom stereocenters. The number of anilines is 1. The molecule has 14 nitrogen and oxygen atoms in total. The van der Waals surface area contributed by atoms with Crippen LogP contribution in [0.2, 0.25) is 5.28 Å². The minimum atomic E-state index is 0.365. The van der Waals surface area contributed by atoms with Crippen LogP contribution in [0.5, 0.6) is 0 Å². The molecule has 10 rings (SSSR count). The number of hydrogen-bond donors (Lipinski definition) is 3. The summed E-state index contributed by atoms with van der Waals surface area (Å²) in [5, 5.41) is 11.8. The smallest absolute Gasteiger partial charge is 0.203 e. The third-order valence-corrected chi connectivity index (χ3v) is 11.7. The second-order valence-electron chi connectivity index (χ2n) is 15.9. The fraction of sp³-hybridized carbons (Fsp3) is 0.348. The molecule has 2 fully saturated rings. The number of rotatable bonds is 5. The lowest BCUT2D eigenvalue weighted by atomic mass is 9.96. The van der Waals surface area contributed by atoms with E-state index in [1.165, 1.54) is 13.1 Å². The number of benzene rings is 2. The van der Waals surface area contributed by atoms with E-state index in [9.17, 15) is 0 Å². The summed E-state index contributed by atoms with van der Waals surface area (Å²) in [4.78, 5) is 32.1. The van der Waals surface area contributed by atoms with Crippen molar-refractivity contribution in [2.24, 2.45) is 0 Å². The molecule has 0 spiro atoms. The maximum atomic E-state index is 6.11. The second kappa shape index (κ2) is 18.0. The number of nitrogens with one attached hydrogen (secondary N) is 3. The quantitative estimate of drug-likeness (QED) is 0.153. The first-order valence-electron chi connectivity index (χ1n) is 20.7. The van der Waals surface area contributed by atoms with Gasteiger partial charge in [0.25, 0.3) is 0 Å². The maximum absolute atomic E-state index is 6.11. The highest BCUT2D eigenvalue weighted by Gasteiger charge is 2.22. The average Bonchev–Trinajstić information content (AvgIpc) is 4.03. The number of aryl methyl sites for hydroxylation is 6. The van der Waals surface area contributed by atoms with Gasteiger partial charge in [0.05, 0.1) is 33.5 Å². The number of likely N-dealkylation sites (N-methyl/N-ethyl adjacent to an activating group) is 2. The molecule has 15 heteroatoms. The topological polar surface area (TPSA) is 157 Å². The third-order valence-electron chi connectivity index (χ3n) is 11.5. The van der Waals surface area contributed by atoms with Gasteiger partial charge >= 0.3 is 0 Å². The minimum Gasteiger partial charge on any atom is -0.361 e. The van der Waals surface area contributed by atoms with Crippen molar-refractivity contribution in [3.8, 4) is 44.5 Å². The van der Waals surface area contributed by atoms with Gasteiger partial charge in [-0.25, -0.2) is 9.97 Å². The zero-order chi connectivity index (χ0) is 42.8. The van der Waals surface area contributed by atoms with E-state index >= 15 is 0 Å². The van der Waals surface area contributed by atoms with Gasteiger partial charge in [-0.3, -0.25) is 9.97 Å². The minimum absolute atomic E-state index is 0.365. The van der Waals surface area contributed by atoms with Crippen molar-refractivity contribution < 1.29 is 9.05 Å². The Kier molecular flexibility index (Phi) is 12.3. The molecule has 2 saturated heterocycles. The van der Waals surface area contributed by atoms with Gasteiger partial charge in [0.1, 0.15) is 11.5 Å². The van der Waals surface area contributed by atoms with Crippen LogP contribution in [-0.4, -0.2) is 116 Å². The van der Waals surface area contributed by atoms with Gasteiger partial charge in [0.15, 0.2) is 0 Å². The fourth-order valence-electron chi connectivity index (χ4n) is 8.16. The summed E-state index contributed by atoms with van der Waals surface area (Å²) in [6.45, 7) is 20.6. The number of fused-ring (bicyclic) bond motifs is 2. The van der Waals surface area contributed by atoms with Crippen LogP contribution >= 0.6 is 11.6 Å². The van der Waals surface area contributed by atoms with E-state index in [4.69, 9.17) is 25.6 Å². The molecule has 8 aromatic rings. The molecule has 316 valence electrons. The first kappa shape index (κ1) is 41.8. The van der Waals surface area contributed by atoms with E-state index in [0.29, 0.717) is 5.28 Å². The molecule has 2 aliphatic rings. The van der Waals surface area contributed by atoms with E-state index in [1.54, 1.807) is 6.20 Å². The lowest BCUT2D eigenvalue weighted by Gasteiger charge is -2.32. The molecule has 0 bridgehead atoms. The van der Waals surface area contributed by atoms with Gasteiger partial charge in [0, 0.05) is 110 Å². The molecule has 3 N–H and O–H groups in total. The highest BCUT2D eigenvalue weighted by molar-refractivity contribution is 6.29. The zero-order valence-electron chi connectivity index (χ0n) is 36.1. The van der Waals surface area contributed by atoms with E-state index in [0.717, 1.165) is 146 Å². The van der Waals surface area contributed by atoms with Crippen molar-refractivity contribution in [3.63, 3.8) is 0 Å². The number of aromatic amines is 2. The monoisotopic (exact) mass is 840 g/mol. The van der Waals surface area contributed by atoms with Crippen molar-refractivity contribution in [2.75, 3.05) is 71.4 Å². The number of pyridine rings is 2. The summed E-state index contributed by atoms with van der Waals surface area (Å²) >= 11 is 6.11. The van der Waals surface area contributed by atoms with Crippen LogP contribution in [0.3, 0.4) is 0 Å². The number of aromatic nitrogens is 8. The highest BCUT2D eigenvalue weighted by atomic mass is 35.5. The zero-order valence-corrected chi connectivity index (χ0v) is 36.9. The largest absolute Gasteiger partial charge is 0.361 e. The predicted octanol–water partition coefficient (Wildman–Crippen LogP) is 8.34. The molecular formula is C46H53ClN12O2. The molecule has 0 saturated carbocycles. The Bertz CT molecular complexity index is 2750. The van der Waals surface area contributed by atoms with E-state index < -0.39 is 0 Å². The predicted molar refractivity (Wildman–Crippen MR) is 243 cm³/mol. The first-order chi connectivity index (χ1) is 29.4. The number of hydrogen-bond acceptors (Lipinski definition) is 12. The normalized spacial score (nSPS) is 14.9. The van der Waals surface area contributed by atoms with Crippen LogP contribution in [0, 0.1) is 41.5 Å². The molecule has 61 heavy (non-hydrogen) atoms. The summed E-state index contributed by atoms with van der Waals surface area (Å²) < 4.78 is 10.8. The summed E-state index contributed by atoms with van der Waals surface area (Å²) in [6, 6.07) is 16.5. The molecule has 0 radical (unpaired) electrons. The molecule has 6 aromatic heterocycles. The molecule has 0 amide bonds. The molecular weight excluding hydrogens is 788 g/mol. The average molecular weight is 841 g/mol. The van der Waals surface area contributed by atoms with Gasteiger partial charge in [0.2, 0.25) is 11.2 Å². The Labute approximate surface area is 360 Å². The van der Waals surface area contributed by atoms with Crippen molar-refractivity contribution in [3.05, 3.63) is 101 Å². The van der Waals surface area contributed by atoms with Crippen molar-refractivity contribution >= 4 is 39.6 Å². The van der Waals surface area contributed by atoms with Crippen LogP contribution in [0.15, 0.2) is 70.0 Å². The fourth-order valence-corrected chi connectivity index (χ4v) is 8.35. The Morgan fingerprint density at radius 2 is 1.07 bits per heavy atom. The molecule has 0 atom stereocenters. The summed E-state index contributed by atoms with van der Waals surface area (Å²) in [6.07, 6.45) is 3.61. The van der Waals surface area contributed by atoms with Crippen molar-refractivity contribution in [2.45, 2.75) is 41.5 Å². The summed E-state index contributed by atoms with van der Waals surface area (Å²) in [7, 11) is 4.32. The Balaban J connectivity index is 0.000000148. The van der Waals surface area contributed by atoms with E-state index in [2.05, 4.69) is 93.6 Å². The molecule has 2 aromatic carbocycles. The van der Waals surface area contributed by atoms with Gasteiger partial charge in [-0.05, 0) is 115 Å². The van der Waals surface area contributed by atoms with Crippen LogP contribution in [-0.2, 0) is 0 Å². The standard InChI is InChI=1S/C23H26N6O.C18H15ClN4O.C5H12N2/c1-14-18(6-5-7-24-14)19-12-17(21-15(2)27-30-16(21)3)13-20-22(19)26-23(25-20)29-10-8-28(4)9-11-29;1-9-13(5-4-6-20-9)14-7-12(16-10(2)23-24-11(16)3)8-15-17(14)22-18(19)21-15;1-7-4-2-6-3-5-7/h5-7,12-13H,8-11H2,1-4H3,(H,25,26);4-8H,1-3H3,(H,21,22);6H,2-5H2,1H3. The molecule has 2 aliphatic heterocycles. The van der Waals surface area contributed by atoms with E-state index in [-0.39, 0.29) is 0 Å². The lowest BCUT2D eigenvalue weighted by molar-refractivity contribution is 0.291. The number of imidazole rings is 2. The van der Waals surface area contributed by atoms with Crippen LogP contribution in [0.25, 0.3) is 66.6 Å². The van der Waals surface area contributed by atoms with Gasteiger partial charge in [-0.2, -0.15) is 0 Å². The number of piperazine rings is 2. The van der Waals surface area contributed by atoms with Crippen LogP contribution < -0.4 is 10.2 Å². The Hall–Kier alpha value is -5.93.